The Balaban J connectivity index is 2.02. The molecule has 0 aliphatic heterocycles. The SMILES string of the molecule is CNCCn1cncc1C1CCC1. The van der Waals surface area contributed by atoms with E-state index in [4.69, 9.17) is 0 Å². The van der Waals surface area contributed by atoms with E-state index in [1.807, 2.05) is 19.6 Å². The van der Waals surface area contributed by atoms with Crippen LogP contribution in [-0.2, 0) is 6.54 Å². The Morgan fingerprint density at radius 2 is 2.46 bits per heavy atom. The molecule has 13 heavy (non-hydrogen) atoms. The van der Waals surface area contributed by atoms with Gasteiger partial charge >= 0.3 is 0 Å². The molecule has 0 amide bonds. The largest absolute Gasteiger partial charge is 0.333 e. The Bertz CT molecular complexity index is 263. The van der Waals surface area contributed by atoms with Crippen molar-refractivity contribution < 1.29 is 0 Å². The number of aromatic nitrogens is 2. The molecule has 1 aromatic heterocycles. The lowest BCUT2D eigenvalue weighted by Crippen LogP contribution is -2.19. The van der Waals surface area contributed by atoms with Crippen molar-refractivity contribution in [1.29, 1.82) is 0 Å². The van der Waals surface area contributed by atoms with Crippen LogP contribution in [0.3, 0.4) is 0 Å². The number of nitrogens with one attached hydrogen (secondary N) is 1. The van der Waals surface area contributed by atoms with Crippen LogP contribution in [0.4, 0.5) is 0 Å². The molecule has 0 saturated heterocycles. The summed E-state index contributed by atoms with van der Waals surface area (Å²) in [6.07, 6.45) is 8.07. The topological polar surface area (TPSA) is 29.9 Å². The molecule has 1 N–H and O–H groups in total. The standard InChI is InChI=1S/C10H17N3/c1-11-5-6-13-8-12-7-10(13)9-3-2-4-9/h7-9,11H,2-6H2,1H3. The summed E-state index contributed by atoms with van der Waals surface area (Å²) in [5.74, 6) is 0.791. The van der Waals surface area contributed by atoms with E-state index in [0.717, 1.165) is 19.0 Å². The van der Waals surface area contributed by atoms with Crippen LogP contribution >= 0.6 is 0 Å². The van der Waals surface area contributed by atoms with Crippen molar-refractivity contribution >= 4 is 0 Å². The van der Waals surface area contributed by atoms with Crippen LogP contribution in [0.5, 0.6) is 0 Å². The van der Waals surface area contributed by atoms with Crippen LogP contribution in [0.25, 0.3) is 0 Å². The Morgan fingerprint density at radius 3 is 3.08 bits per heavy atom. The van der Waals surface area contributed by atoms with E-state index in [1.165, 1.54) is 25.0 Å². The minimum Gasteiger partial charge on any atom is -0.333 e. The maximum absolute atomic E-state index is 4.21. The van der Waals surface area contributed by atoms with Gasteiger partial charge in [0.05, 0.1) is 6.33 Å². The number of likely N-dealkylation sites (N-methyl/N-ethyl adjacent to an activating group) is 1. The second kappa shape index (κ2) is 3.92. The highest BCUT2D eigenvalue weighted by Crippen LogP contribution is 2.35. The molecule has 1 aliphatic carbocycles. The Hall–Kier alpha value is -0.830. The molecule has 0 bridgehead atoms. The van der Waals surface area contributed by atoms with Crippen LogP contribution in [0, 0.1) is 0 Å². The molecule has 0 radical (unpaired) electrons. The quantitative estimate of drug-likeness (QED) is 0.756. The van der Waals surface area contributed by atoms with E-state index in [1.54, 1.807) is 0 Å². The monoisotopic (exact) mass is 179 g/mol. The molecule has 0 aromatic carbocycles. The van der Waals surface area contributed by atoms with Gasteiger partial charge in [0, 0.05) is 30.9 Å². The minimum atomic E-state index is 0.791. The van der Waals surface area contributed by atoms with Gasteiger partial charge in [0.1, 0.15) is 0 Å². The summed E-state index contributed by atoms with van der Waals surface area (Å²) >= 11 is 0. The van der Waals surface area contributed by atoms with Crippen LogP contribution in [0.2, 0.25) is 0 Å². The van der Waals surface area contributed by atoms with E-state index >= 15 is 0 Å². The van der Waals surface area contributed by atoms with Gasteiger partial charge in [0.25, 0.3) is 0 Å². The number of hydrogen-bond acceptors (Lipinski definition) is 2. The smallest absolute Gasteiger partial charge is 0.0948 e. The molecular weight excluding hydrogens is 162 g/mol. The first kappa shape index (κ1) is 8.75. The third kappa shape index (κ3) is 1.75. The summed E-state index contributed by atoms with van der Waals surface area (Å²) in [6.45, 7) is 2.07. The first-order chi connectivity index (χ1) is 6.42. The zero-order valence-electron chi connectivity index (χ0n) is 8.16. The zero-order valence-corrected chi connectivity index (χ0v) is 8.16. The lowest BCUT2D eigenvalue weighted by atomic mass is 9.83. The van der Waals surface area contributed by atoms with Crippen LogP contribution < -0.4 is 5.32 Å². The summed E-state index contributed by atoms with van der Waals surface area (Å²) in [5.41, 5.74) is 1.43. The van der Waals surface area contributed by atoms with Gasteiger partial charge in [-0.25, -0.2) is 4.98 Å². The van der Waals surface area contributed by atoms with Crippen molar-refractivity contribution in [2.45, 2.75) is 31.7 Å². The number of nitrogens with zero attached hydrogens (tertiary/aromatic N) is 2. The van der Waals surface area contributed by atoms with E-state index in [9.17, 15) is 0 Å². The van der Waals surface area contributed by atoms with Crippen molar-refractivity contribution in [1.82, 2.24) is 14.9 Å². The molecule has 0 unspecified atom stereocenters. The first-order valence-corrected chi connectivity index (χ1v) is 5.06. The molecule has 1 fully saturated rings. The second-order valence-electron chi connectivity index (χ2n) is 3.74. The number of imidazole rings is 1. The predicted molar refractivity (Wildman–Crippen MR) is 52.7 cm³/mol. The lowest BCUT2D eigenvalue weighted by molar-refractivity contribution is 0.395. The Kier molecular flexibility index (Phi) is 2.64. The summed E-state index contributed by atoms with van der Waals surface area (Å²) in [5, 5.41) is 3.16. The van der Waals surface area contributed by atoms with Gasteiger partial charge < -0.3 is 9.88 Å². The molecule has 1 saturated carbocycles. The lowest BCUT2D eigenvalue weighted by Gasteiger charge is -2.26. The van der Waals surface area contributed by atoms with E-state index in [-0.39, 0.29) is 0 Å². The van der Waals surface area contributed by atoms with Crippen molar-refractivity contribution in [3.8, 4) is 0 Å². The third-order valence-corrected chi connectivity index (χ3v) is 2.87. The summed E-state index contributed by atoms with van der Waals surface area (Å²) in [7, 11) is 1.99. The fourth-order valence-electron chi connectivity index (χ4n) is 1.79. The van der Waals surface area contributed by atoms with Crippen LogP contribution in [0.1, 0.15) is 30.9 Å². The van der Waals surface area contributed by atoms with E-state index in [2.05, 4.69) is 14.9 Å². The molecule has 1 heterocycles. The van der Waals surface area contributed by atoms with Crippen molar-refractivity contribution in [2.75, 3.05) is 13.6 Å². The summed E-state index contributed by atoms with van der Waals surface area (Å²) < 4.78 is 2.28. The van der Waals surface area contributed by atoms with Crippen molar-refractivity contribution in [2.24, 2.45) is 0 Å². The highest BCUT2D eigenvalue weighted by Gasteiger charge is 2.22. The highest BCUT2D eigenvalue weighted by molar-refractivity contribution is 5.09. The highest BCUT2D eigenvalue weighted by atomic mass is 15.1. The van der Waals surface area contributed by atoms with Gasteiger partial charge in [-0.15, -0.1) is 0 Å². The van der Waals surface area contributed by atoms with Crippen LogP contribution in [-0.4, -0.2) is 23.1 Å². The first-order valence-electron chi connectivity index (χ1n) is 5.06. The molecule has 3 nitrogen and oxygen atoms in total. The molecule has 72 valence electrons. The average molecular weight is 179 g/mol. The van der Waals surface area contributed by atoms with Gasteiger partial charge in [-0.1, -0.05) is 6.42 Å². The Labute approximate surface area is 79.2 Å². The molecule has 0 spiro atoms. The molecule has 1 aliphatic rings. The molecule has 3 heteroatoms. The third-order valence-electron chi connectivity index (χ3n) is 2.87. The van der Waals surface area contributed by atoms with Gasteiger partial charge in [0.15, 0.2) is 0 Å². The normalized spacial score (nSPS) is 17.3. The molecule has 0 atom stereocenters. The van der Waals surface area contributed by atoms with Crippen LogP contribution in [0.15, 0.2) is 12.5 Å². The fraction of sp³-hybridized carbons (Fsp3) is 0.700. The number of hydrogen-bond donors (Lipinski definition) is 1. The van der Waals surface area contributed by atoms with E-state index < -0.39 is 0 Å². The molecule has 1 aromatic rings. The van der Waals surface area contributed by atoms with Gasteiger partial charge in [0.2, 0.25) is 0 Å². The van der Waals surface area contributed by atoms with Gasteiger partial charge in [-0.3, -0.25) is 0 Å². The van der Waals surface area contributed by atoms with Crippen molar-refractivity contribution in [3.63, 3.8) is 0 Å². The minimum absolute atomic E-state index is 0.791. The Morgan fingerprint density at radius 1 is 1.62 bits per heavy atom. The zero-order chi connectivity index (χ0) is 9.10. The molecule has 2 rings (SSSR count). The van der Waals surface area contributed by atoms with E-state index in [0.29, 0.717) is 0 Å². The molecular formula is C10H17N3. The van der Waals surface area contributed by atoms with Gasteiger partial charge in [-0.2, -0.15) is 0 Å². The fourth-order valence-corrected chi connectivity index (χ4v) is 1.79. The number of rotatable bonds is 4. The summed E-state index contributed by atoms with van der Waals surface area (Å²) in [6, 6.07) is 0. The maximum atomic E-state index is 4.21. The van der Waals surface area contributed by atoms with Crippen molar-refractivity contribution in [3.05, 3.63) is 18.2 Å². The van der Waals surface area contributed by atoms with Gasteiger partial charge in [-0.05, 0) is 19.9 Å². The predicted octanol–water partition coefficient (Wildman–Crippen LogP) is 1.37. The average Bonchev–Trinajstić information content (AvgIpc) is 2.46. The maximum Gasteiger partial charge on any atom is 0.0948 e. The summed E-state index contributed by atoms with van der Waals surface area (Å²) in [4.78, 5) is 4.21. The second-order valence-corrected chi connectivity index (χ2v) is 3.74.